The number of nitrogens with zero attached hydrogens (tertiary/aromatic N) is 1. The van der Waals surface area contributed by atoms with Crippen LogP contribution >= 0.6 is 15.9 Å². The summed E-state index contributed by atoms with van der Waals surface area (Å²) in [5.41, 5.74) is 2.45. The van der Waals surface area contributed by atoms with E-state index in [1.54, 1.807) is 24.3 Å². The number of nitrogens with one attached hydrogen (secondary N) is 2. The Morgan fingerprint density at radius 2 is 2.18 bits per heavy atom. The third-order valence-electron chi connectivity index (χ3n) is 3.47. The first-order chi connectivity index (χ1) is 10.5. The molecular formula is C15H14BrN3O3. The second kappa shape index (κ2) is 5.92. The molecule has 0 aliphatic heterocycles. The van der Waals surface area contributed by atoms with Crippen molar-refractivity contribution in [1.82, 2.24) is 10.2 Å². The van der Waals surface area contributed by atoms with E-state index in [9.17, 15) is 9.59 Å². The zero-order valence-corrected chi connectivity index (χ0v) is 13.2. The first-order valence-electron chi connectivity index (χ1n) is 6.90. The normalized spacial score (nSPS) is 13.9. The fourth-order valence-corrected chi connectivity index (χ4v) is 2.94. The summed E-state index contributed by atoms with van der Waals surface area (Å²) in [7, 11) is 0. The molecule has 1 saturated carbocycles. The number of benzene rings is 1. The molecule has 0 atom stereocenters. The van der Waals surface area contributed by atoms with Gasteiger partial charge in [-0.15, -0.1) is 0 Å². The van der Waals surface area contributed by atoms with Crippen molar-refractivity contribution in [2.24, 2.45) is 0 Å². The number of carboxylic acid groups (broad SMARTS) is 1. The maximum atomic E-state index is 12.3. The highest BCUT2D eigenvalue weighted by molar-refractivity contribution is 9.10. The molecule has 6 nitrogen and oxygen atoms in total. The summed E-state index contributed by atoms with van der Waals surface area (Å²) in [5.74, 6) is -0.780. The van der Waals surface area contributed by atoms with E-state index in [1.807, 2.05) is 0 Å². The predicted molar refractivity (Wildman–Crippen MR) is 84.0 cm³/mol. The van der Waals surface area contributed by atoms with Crippen LogP contribution in [0.25, 0.3) is 0 Å². The van der Waals surface area contributed by atoms with E-state index in [0.717, 1.165) is 18.5 Å². The first kappa shape index (κ1) is 14.8. The van der Waals surface area contributed by atoms with E-state index in [1.165, 1.54) is 0 Å². The van der Waals surface area contributed by atoms with Crippen LogP contribution < -0.4 is 5.32 Å². The molecule has 1 aromatic carbocycles. The highest BCUT2D eigenvalue weighted by atomic mass is 79.9. The number of aromatic nitrogens is 2. The maximum absolute atomic E-state index is 12.3. The minimum Gasteiger partial charge on any atom is -0.481 e. The number of halogens is 1. The Morgan fingerprint density at radius 3 is 2.86 bits per heavy atom. The molecule has 114 valence electrons. The number of carbonyl (C=O) groups is 2. The van der Waals surface area contributed by atoms with Gasteiger partial charge in [-0.3, -0.25) is 14.7 Å². The van der Waals surface area contributed by atoms with Crippen molar-refractivity contribution in [3.63, 3.8) is 0 Å². The Labute approximate surface area is 135 Å². The molecule has 0 spiro atoms. The van der Waals surface area contributed by atoms with E-state index in [-0.39, 0.29) is 12.3 Å². The molecule has 0 radical (unpaired) electrons. The molecule has 0 unspecified atom stereocenters. The van der Waals surface area contributed by atoms with Crippen molar-refractivity contribution in [3.05, 3.63) is 45.7 Å². The zero-order valence-electron chi connectivity index (χ0n) is 11.6. The van der Waals surface area contributed by atoms with Crippen molar-refractivity contribution in [2.75, 3.05) is 5.32 Å². The average molecular weight is 364 g/mol. The molecule has 3 rings (SSSR count). The molecule has 1 aliphatic rings. The standard InChI is InChI=1S/C15H14BrN3O3/c16-12-13(9-4-5-9)18-19-14(12)15(22)17-10-3-1-2-8(6-10)7-11(20)21/h1-3,6,9H,4-5,7H2,(H,17,22)(H,18,19)(H,20,21). The third-order valence-corrected chi connectivity index (χ3v) is 4.28. The maximum Gasteiger partial charge on any atom is 0.307 e. The predicted octanol–water partition coefficient (Wildman–Crippen LogP) is 2.93. The Balaban J connectivity index is 1.75. The molecule has 7 heteroatoms. The van der Waals surface area contributed by atoms with E-state index >= 15 is 0 Å². The number of rotatable bonds is 5. The Morgan fingerprint density at radius 1 is 1.41 bits per heavy atom. The van der Waals surface area contributed by atoms with Crippen LogP contribution in [0.15, 0.2) is 28.7 Å². The number of carbonyl (C=O) groups excluding carboxylic acids is 1. The van der Waals surface area contributed by atoms with E-state index in [2.05, 4.69) is 31.4 Å². The van der Waals surface area contributed by atoms with Gasteiger partial charge in [-0.25, -0.2) is 0 Å². The van der Waals surface area contributed by atoms with Crippen LogP contribution in [0.2, 0.25) is 0 Å². The highest BCUT2D eigenvalue weighted by Crippen LogP contribution is 2.42. The van der Waals surface area contributed by atoms with Gasteiger partial charge < -0.3 is 10.4 Å². The van der Waals surface area contributed by atoms with Crippen molar-refractivity contribution < 1.29 is 14.7 Å². The number of anilines is 1. The lowest BCUT2D eigenvalue weighted by Crippen LogP contribution is -2.13. The summed E-state index contributed by atoms with van der Waals surface area (Å²) >= 11 is 3.42. The lowest BCUT2D eigenvalue weighted by atomic mass is 10.1. The lowest BCUT2D eigenvalue weighted by Gasteiger charge is -2.05. The molecule has 2 aromatic rings. The van der Waals surface area contributed by atoms with Gasteiger partial charge in [0.2, 0.25) is 0 Å². The molecule has 1 heterocycles. The molecular weight excluding hydrogens is 350 g/mol. The van der Waals surface area contributed by atoms with Crippen LogP contribution in [0.1, 0.15) is 40.5 Å². The quantitative estimate of drug-likeness (QED) is 0.760. The number of carboxylic acids is 1. The summed E-state index contributed by atoms with van der Waals surface area (Å²) in [4.78, 5) is 23.0. The molecule has 1 aromatic heterocycles. The molecule has 0 saturated heterocycles. The van der Waals surface area contributed by atoms with E-state index in [0.29, 0.717) is 27.3 Å². The number of aliphatic carboxylic acids is 1. The summed E-state index contributed by atoms with van der Waals surface area (Å²) in [6, 6.07) is 6.78. The van der Waals surface area contributed by atoms with E-state index in [4.69, 9.17) is 5.11 Å². The summed E-state index contributed by atoms with van der Waals surface area (Å²) in [5, 5.41) is 18.5. The Bertz CT molecular complexity index is 737. The number of hydrogen-bond acceptors (Lipinski definition) is 3. The summed E-state index contributed by atoms with van der Waals surface area (Å²) in [6.45, 7) is 0. The Hall–Kier alpha value is -2.15. The molecule has 1 fully saturated rings. The SMILES string of the molecule is O=C(O)Cc1cccc(NC(=O)c2n[nH]c(C3CC3)c2Br)c1. The number of amides is 1. The van der Waals surface area contributed by atoms with Crippen LogP contribution in [0.4, 0.5) is 5.69 Å². The van der Waals surface area contributed by atoms with Crippen LogP contribution in [-0.2, 0) is 11.2 Å². The second-order valence-corrected chi connectivity index (χ2v) is 6.09. The number of hydrogen-bond donors (Lipinski definition) is 3. The van der Waals surface area contributed by atoms with Gasteiger partial charge in [-0.05, 0) is 46.5 Å². The van der Waals surface area contributed by atoms with Gasteiger partial charge in [0.25, 0.3) is 5.91 Å². The fourth-order valence-electron chi connectivity index (χ4n) is 2.26. The van der Waals surface area contributed by atoms with Crippen LogP contribution in [0, 0.1) is 0 Å². The summed E-state index contributed by atoms with van der Waals surface area (Å²) < 4.78 is 0.703. The van der Waals surface area contributed by atoms with Crippen LogP contribution in [-0.4, -0.2) is 27.2 Å². The van der Waals surface area contributed by atoms with Gasteiger partial charge in [0.05, 0.1) is 16.6 Å². The largest absolute Gasteiger partial charge is 0.481 e. The number of H-pyrrole nitrogens is 1. The van der Waals surface area contributed by atoms with Crippen LogP contribution in [0.3, 0.4) is 0 Å². The van der Waals surface area contributed by atoms with Crippen molar-refractivity contribution in [2.45, 2.75) is 25.2 Å². The molecule has 0 bridgehead atoms. The minimum atomic E-state index is -0.910. The van der Waals surface area contributed by atoms with Gasteiger partial charge >= 0.3 is 5.97 Å². The zero-order chi connectivity index (χ0) is 15.7. The number of aromatic amines is 1. The second-order valence-electron chi connectivity index (χ2n) is 5.30. The van der Waals surface area contributed by atoms with Gasteiger partial charge in [0.1, 0.15) is 0 Å². The van der Waals surface area contributed by atoms with Gasteiger partial charge in [0, 0.05) is 11.6 Å². The fraction of sp³-hybridized carbons (Fsp3) is 0.267. The van der Waals surface area contributed by atoms with Gasteiger partial charge in [-0.1, -0.05) is 12.1 Å². The highest BCUT2D eigenvalue weighted by Gasteiger charge is 2.30. The lowest BCUT2D eigenvalue weighted by molar-refractivity contribution is -0.136. The van der Waals surface area contributed by atoms with Gasteiger partial charge in [0.15, 0.2) is 5.69 Å². The monoisotopic (exact) mass is 363 g/mol. The first-order valence-corrected chi connectivity index (χ1v) is 7.69. The van der Waals surface area contributed by atoms with Gasteiger partial charge in [-0.2, -0.15) is 5.10 Å². The van der Waals surface area contributed by atoms with Crippen molar-refractivity contribution >= 4 is 33.5 Å². The van der Waals surface area contributed by atoms with Crippen molar-refractivity contribution in [1.29, 1.82) is 0 Å². The van der Waals surface area contributed by atoms with Crippen molar-refractivity contribution in [3.8, 4) is 0 Å². The molecule has 1 amide bonds. The average Bonchev–Trinajstić information content (AvgIpc) is 3.21. The minimum absolute atomic E-state index is 0.0817. The smallest absolute Gasteiger partial charge is 0.307 e. The summed E-state index contributed by atoms with van der Waals surface area (Å²) in [6.07, 6.45) is 2.14. The third kappa shape index (κ3) is 3.19. The topological polar surface area (TPSA) is 95.1 Å². The molecule has 3 N–H and O–H groups in total. The van der Waals surface area contributed by atoms with E-state index < -0.39 is 5.97 Å². The Kier molecular flexibility index (Phi) is 3.98. The molecule has 1 aliphatic carbocycles. The molecule has 22 heavy (non-hydrogen) atoms. The van der Waals surface area contributed by atoms with Crippen LogP contribution in [0.5, 0.6) is 0 Å².